The van der Waals surface area contributed by atoms with E-state index in [4.69, 9.17) is 5.11 Å². The number of hydrogen-bond donors (Lipinski definition) is 1. The van der Waals surface area contributed by atoms with E-state index >= 15 is 0 Å². The normalized spacial score (nSPS) is 13.7. The molecule has 0 bridgehead atoms. The molecule has 15 heavy (non-hydrogen) atoms. The molecule has 0 fully saturated rings. The van der Waals surface area contributed by atoms with E-state index < -0.39 is 17.7 Å². The van der Waals surface area contributed by atoms with Crippen LogP contribution in [0.15, 0.2) is 0 Å². The van der Waals surface area contributed by atoms with Gasteiger partial charge in [0.1, 0.15) is 6.29 Å². The van der Waals surface area contributed by atoms with E-state index in [1.807, 2.05) is 13.8 Å². The molecule has 1 N–H and O–H groups in total. The lowest BCUT2D eigenvalue weighted by atomic mass is 9.98. The number of hydrogen-bond acceptors (Lipinski definition) is 2. The molecule has 0 radical (unpaired) electrons. The highest BCUT2D eigenvalue weighted by Crippen LogP contribution is 2.20. The van der Waals surface area contributed by atoms with Crippen molar-refractivity contribution in [2.45, 2.75) is 52.6 Å². The van der Waals surface area contributed by atoms with Gasteiger partial charge in [-0.05, 0) is 33.1 Å². The zero-order valence-electron chi connectivity index (χ0n) is 10.2. The summed E-state index contributed by atoms with van der Waals surface area (Å²) >= 11 is 0. The van der Waals surface area contributed by atoms with E-state index in [1.54, 1.807) is 20.8 Å². The van der Waals surface area contributed by atoms with Crippen LogP contribution in [0.2, 0.25) is 0 Å². The first-order valence-electron chi connectivity index (χ1n) is 5.17. The first-order valence-corrected chi connectivity index (χ1v) is 5.17. The Balaban J connectivity index is 4.87. The van der Waals surface area contributed by atoms with E-state index in [0.29, 0.717) is 12.3 Å². The Morgan fingerprint density at radius 3 is 2.07 bits per heavy atom. The molecule has 0 saturated heterocycles. The maximum Gasteiger partial charge on any atom is 0.408 e. The summed E-state index contributed by atoms with van der Waals surface area (Å²) in [4.78, 5) is 23.2. The second-order valence-corrected chi connectivity index (χ2v) is 5.16. The van der Waals surface area contributed by atoms with Crippen LogP contribution in [-0.4, -0.2) is 34.0 Å². The van der Waals surface area contributed by atoms with Crippen LogP contribution in [0.3, 0.4) is 0 Å². The molecule has 0 saturated carbocycles. The monoisotopic (exact) mass is 215 g/mol. The van der Waals surface area contributed by atoms with Crippen molar-refractivity contribution in [1.82, 2.24) is 4.90 Å². The third-order valence-electron chi connectivity index (χ3n) is 2.13. The molecule has 0 aliphatic carbocycles. The van der Waals surface area contributed by atoms with Crippen molar-refractivity contribution < 1.29 is 14.7 Å². The lowest BCUT2D eigenvalue weighted by Crippen LogP contribution is -2.52. The van der Waals surface area contributed by atoms with Gasteiger partial charge in [0.2, 0.25) is 0 Å². The van der Waals surface area contributed by atoms with E-state index in [2.05, 4.69) is 0 Å². The Labute approximate surface area is 91.3 Å². The molecule has 0 aromatic rings. The molecule has 4 nitrogen and oxygen atoms in total. The average Bonchev–Trinajstić information content (AvgIpc) is 1.98. The van der Waals surface area contributed by atoms with Crippen LogP contribution < -0.4 is 0 Å². The number of carbonyl (C=O) groups excluding carboxylic acids is 1. The first-order chi connectivity index (χ1) is 6.70. The lowest BCUT2D eigenvalue weighted by Gasteiger charge is -2.37. The van der Waals surface area contributed by atoms with Crippen LogP contribution >= 0.6 is 0 Å². The van der Waals surface area contributed by atoms with Crippen molar-refractivity contribution in [2.24, 2.45) is 5.92 Å². The molecule has 0 aliphatic heterocycles. The van der Waals surface area contributed by atoms with Crippen LogP contribution in [0.4, 0.5) is 4.79 Å². The molecule has 0 aromatic heterocycles. The van der Waals surface area contributed by atoms with Crippen LogP contribution in [0.25, 0.3) is 0 Å². The second-order valence-electron chi connectivity index (χ2n) is 5.16. The van der Waals surface area contributed by atoms with Gasteiger partial charge in [-0.25, -0.2) is 4.79 Å². The van der Waals surface area contributed by atoms with Gasteiger partial charge < -0.3 is 9.90 Å². The first kappa shape index (κ1) is 13.9. The zero-order chi connectivity index (χ0) is 12.2. The fraction of sp³-hybridized carbons (Fsp3) is 0.818. The fourth-order valence-electron chi connectivity index (χ4n) is 1.63. The predicted octanol–water partition coefficient (Wildman–Crippen LogP) is 2.38. The minimum absolute atomic E-state index is 0.296. The van der Waals surface area contributed by atoms with Crippen molar-refractivity contribution in [1.29, 1.82) is 0 Å². The Morgan fingerprint density at radius 2 is 1.87 bits per heavy atom. The Kier molecular flexibility index (Phi) is 4.78. The van der Waals surface area contributed by atoms with Crippen molar-refractivity contribution in [2.75, 3.05) is 0 Å². The molecule has 0 unspecified atom stereocenters. The average molecular weight is 215 g/mol. The molecule has 4 heteroatoms. The van der Waals surface area contributed by atoms with Crippen LogP contribution in [0.1, 0.15) is 41.0 Å². The molecule has 0 aliphatic rings. The van der Waals surface area contributed by atoms with Gasteiger partial charge in [0.05, 0.1) is 6.04 Å². The smallest absolute Gasteiger partial charge is 0.408 e. The SMILES string of the molecule is CC(C)C[C@@H](C=O)N(C(=O)O)C(C)(C)C. The highest BCUT2D eigenvalue weighted by molar-refractivity contribution is 5.72. The van der Waals surface area contributed by atoms with Gasteiger partial charge in [0.25, 0.3) is 0 Å². The summed E-state index contributed by atoms with van der Waals surface area (Å²) < 4.78 is 0. The minimum atomic E-state index is -1.04. The number of amides is 1. The van der Waals surface area contributed by atoms with Crippen LogP contribution in [0.5, 0.6) is 0 Å². The summed E-state index contributed by atoms with van der Waals surface area (Å²) in [5, 5.41) is 9.09. The molecule has 0 spiro atoms. The quantitative estimate of drug-likeness (QED) is 0.732. The third-order valence-corrected chi connectivity index (χ3v) is 2.13. The molecule has 1 amide bonds. The Bertz CT molecular complexity index is 230. The van der Waals surface area contributed by atoms with Crippen molar-refractivity contribution in [3.63, 3.8) is 0 Å². The lowest BCUT2D eigenvalue weighted by molar-refractivity contribution is -0.114. The van der Waals surface area contributed by atoms with E-state index in [1.165, 1.54) is 4.90 Å². The summed E-state index contributed by atoms with van der Waals surface area (Å²) in [5.41, 5.74) is -0.549. The van der Waals surface area contributed by atoms with Gasteiger partial charge >= 0.3 is 6.09 Å². The van der Waals surface area contributed by atoms with Gasteiger partial charge in [-0.3, -0.25) is 4.90 Å². The summed E-state index contributed by atoms with van der Waals surface area (Å²) in [6, 6.07) is -0.553. The second kappa shape index (κ2) is 5.14. The van der Waals surface area contributed by atoms with Crippen molar-refractivity contribution in [3.05, 3.63) is 0 Å². The van der Waals surface area contributed by atoms with Crippen molar-refractivity contribution >= 4 is 12.4 Å². The molecule has 0 rings (SSSR count). The summed E-state index contributed by atoms with van der Waals surface area (Å²) in [5.74, 6) is 0.296. The highest BCUT2D eigenvalue weighted by Gasteiger charge is 2.33. The third kappa shape index (κ3) is 4.32. The molecular weight excluding hydrogens is 194 g/mol. The molecule has 88 valence electrons. The molecular formula is C11H21NO3. The number of rotatable bonds is 4. The maximum absolute atomic E-state index is 11.1. The molecule has 0 heterocycles. The number of aldehydes is 1. The highest BCUT2D eigenvalue weighted by atomic mass is 16.4. The largest absolute Gasteiger partial charge is 0.465 e. The van der Waals surface area contributed by atoms with Gasteiger partial charge in [-0.1, -0.05) is 13.8 Å². The molecule has 0 aromatic carbocycles. The number of carbonyl (C=O) groups is 2. The Hall–Kier alpha value is -1.06. The zero-order valence-corrected chi connectivity index (χ0v) is 10.2. The van der Waals surface area contributed by atoms with E-state index in [-0.39, 0.29) is 0 Å². The van der Waals surface area contributed by atoms with Gasteiger partial charge in [0, 0.05) is 5.54 Å². The number of carboxylic acid groups (broad SMARTS) is 1. The van der Waals surface area contributed by atoms with Crippen LogP contribution in [-0.2, 0) is 4.79 Å². The van der Waals surface area contributed by atoms with Gasteiger partial charge in [-0.15, -0.1) is 0 Å². The van der Waals surface area contributed by atoms with Gasteiger partial charge in [-0.2, -0.15) is 0 Å². The van der Waals surface area contributed by atoms with Gasteiger partial charge in [0.15, 0.2) is 0 Å². The molecule has 1 atom stereocenters. The Morgan fingerprint density at radius 1 is 1.40 bits per heavy atom. The minimum Gasteiger partial charge on any atom is -0.465 e. The topological polar surface area (TPSA) is 57.6 Å². The van der Waals surface area contributed by atoms with Crippen LogP contribution in [0, 0.1) is 5.92 Å². The van der Waals surface area contributed by atoms with E-state index in [9.17, 15) is 9.59 Å². The standard InChI is InChI=1S/C11H21NO3/c1-8(2)6-9(7-13)12(10(14)15)11(3,4)5/h7-9H,6H2,1-5H3,(H,14,15)/t9-/m0/s1. The summed E-state index contributed by atoms with van der Waals surface area (Å²) in [6.45, 7) is 9.31. The fourth-order valence-corrected chi connectivity index (χ4v) is 1.63. The van der Waals surface area contributed by atoms with E-state index in [0.717, 1.165) is 6.29 Å². The van der Waals surface area contributed by atoms with Crippen molar-refractivity contribution in [3.8, 4) is 0 Å². The maximum atomic E-state index is 11.1. The summed E-state index contributed by atoms with van der Waals surface area (Å²) in [7, 11) is 0. The number of nitrogens with zero attached hydrogens (tertiary/aromatic N) is 1. The predicted molar refractivity (Wildman–Crippen MR) is 58.9 cm³/mol. The summed E-state index contributed by atoms with van der Waals surface area (Å²) in [6.07, 6.45) is 0.243.